The van der Waals surface area contributed by atoms with Crippen LogP contribution in [0.3, 0.4) is 0 Å². The summed E-state index contributed by atoms with van der Waals surface area (Å²) in [6, 6.07) is 13.2. The number of nitrogens with zero attached hydrogens (tertiary/aromatic N) is 1. The van der Waals surface area contributed by atoms with Crippen LogP contribution in [0.4, 0.5) is 0 Å². The van der Waals surface area contributed by atoms with Crippen molar-refractivity contribution in [2.24, 2.45) is 0 Å². The van der Waals surface area contributed by atoms with Crippen molar-refractivity contribution < 1.29 is 14.0 Å². The number of hydrogen-bond acceptors (Lipinski definition) is 5. The van der Waals surface area contributed by atoms with Gasteiger partial charge < -0.3 is 4.42 Å². The van der Waals surface area contributed by atoms with Gasteiger partial charge in [0, 0.05) is 22.1 Å². The number of benzene rings is 2. The second kappa shape index (κ2) is 5.72. The van der Waals surface area contributed by atoms with Crippen LogP contribution in [0.1, 0.15) is 51.2 Å². The molecule has 0 atom stereocenters. The van der Waals surface area contributed by atoms with Gasteiger partial charge in [0.15, 0.2) is 22.0 Å². The summed E-state index contributed by atoms with van der Waals surface area (Å²) < 4.78 is 5.75. The van der Waals surface area contributed by atoms with Crippen LogP contribution in [0.2, 0.25) is 0 Å². The molecule has 2 heterocycles. The molecule has 4 nitrogen and oxygen atoms in total. The number of thiophene rings is 1. The van der Waals surface area contributed by atoms with Gasteiger partial charge in [0.1, 0.15) is 0 Å². The fourth-order valence-electron chi connectivity index (χ4n) is 3.38. The van der Waals surface area contributed by atoms with Crippen LogP contribution in [-0.4, -0.2) is 16.6 Å². The Morgan fingerprint density at radius 3 is 2.19 bits per heavy atom. The molecule has 0 bridgehead atoms. The Morgan fingerprint density at radius 2 is 1.63 bits per heavy atom. The molecule has 0 spiro atoms. The smallest absolute Gasteiger partial charge is 0.221 e. The fourth-order valence-corrected chi connectivity index (χ4v) is 4.34. The Labute approximate surface area is 159 Å². The lowest BCUT2D eigenvalue weighted by atomic mass is 10.0. The molecule has 1 aliphatic rings. The Bertz CT molecular complexity index is 1200. The van der Waals surface area contributed by atoms with Gasteiger partial charge in [0.2, 0.25) is 5.89 Å². The molecule has 0 N–H and O–H groups in total. The third-order valence-corrected chi connectivity index (χ3v) is 6.14. The van der Waals surface area contributed by atoms with Gasteiger partial charge in [0.25, 0.3) is 0 Å². The number of rotatable bonds is 2. The minimum atomic E-state index is -0.273. The summed E-state index contributed by atoms with van der Waals surface area (Å²) in [7, 11) is 0. The zero-order valence-electron chi connectivity index (χ0n) is 14.8. The SMILES string of the molecule is CC(C)c1cc2oc(C=C3C(=O)c4cc5ccccc5cc4C3=O)nc2s1. The largest absolute Gasteiger partial charge is 0.436 e. The fraction of sp³-hybridized carbons (Fsp3) is 0.136. The highest BCUT2D eigenvalue weighted by Crippen LogP contribution is 2.34. The van der Waals surface area contributed by atoms with Gasteiger partial charge in [-0.15, -0.1) is 11.3 Å². The maximum atomic E-state index is 12.8. The maximum Gasteiger partial charge on any atom is 0.221 e. The number of ketones is 2. The van der Waals surface area contributed by atoms with Gasteiger partial charge in [-0.25, -0.2) is 0 Å². The molecule has 0 aliphatic heterocycles. The van der Waals surface area contributed by atoms with E-state index in [4.69, 9.17) is 4.42 Å². The number of fused-ring (bicyclic) bond motifs is 3. The third kappa shape index (κ3) is 2.46. The van der Waals surface area contributed by atoms with Crippen LogP contribution in [0.25, 0.3) is 27.3 Å². The standard InChI is InChI=1S/C22H15NO3S/c1-11(2)18-10-17-22(27-18)23-19(26-17)9-16-20(24)14-7-12-5-3-4-6-13(12)8-15(14)21(16)25/h3-11H,1-2H3. The maximum absolute atomic E-state index is 12.8. The van der Waals surface area contributed by atoms with Crippen molar-refractivity contribution in [2.75, 3.05) is 0 Å². The van der Waals surface area contributed by atoms with Gasteiger partial charge in [-0.05, 0) is 34.9 Å². The summed E-state index contributed by atoms with van der Waals surface area (Å²) in [5, 5.41) is 1.88. The van der Waals surface area contributed by atoms with Crippen molar-refractivity contribution in [1.82, 2.24) is 4.98 Å². The first-order valence-electron chi connectivity index (χ1n) is 8.75. The van der Waals surface area contributed by atoms with E-state index in [1.54, 1.807) is 23.5 Å². The Balaban J connectivity index is 1.58. The molecule has 5 rings (SSSR count). The zero-order valence-corrected chi connectivity index (χ0v) is 15.6. The molecule has 2 aromatic heterocycles. The normalized spacial score (nSPS) is 14.0. The van der Waals surface area contributed by atoms with Crippen LogP contribution >= 0.6 is 11.3 Å². The minimum Gasteiger partial charge on any atom is -0.436 e. The van der Waals surface area contributed by atoms with E-state index in [1.165, 1.54) is 11.0 Å². The number of aromatic nitrogens is 1. The summed E-state index contributed by atoms with van der Waals surface area (Å²) in [6.07, 6.45) is 1.47. The van der Waals surface area contributed by atoms with E-state index in [2.05, 4.69) is 18.8 Å². The van der Waals surface area contributed by atoms with E-state index < -0.39 is 0 Å². The average molecular weight is 373 g/mol. The lowest BCUT2D eigenvalue weighted by Crippen LogP contribution is -2.00. The second-order valence-corrected chi connectivity index (χ2v) is 8.05. The third-order valence-electron chi connectivity index (χ3n) is 4.83. The molecule has 5 heteroatoms. The van der Waals surface area contributed by atoms with Crippen molar-refractivity contribution >= 4 is 50.2 Å². The summed E-state index contributed by atoms with van der Waals surface area (Å²) in [6.45, 7) is 4.23. The molecule has 0 saturated heterocycles. The molecule has 0 amide bonds. The number of carbonyl (C=O) groups excluding carboxylic acids is 2. The minimum absolute atomic E-state index is 0.110. The number of oxazole rings is 1. The molecule has 0 fully saturated rings. The number of Topliss-reactive ketones (excluding diaryl/α,β-unsaturated/α-hetero) is 2. The number of allylic oxidation sites excluding steroid dienone is 1. The Kier molecular flexibility index (Phi) is 3.42. The summed E-state index contributed by atoms with van der Waals surface area (Å²) >= 11 is 1.57. The molecule has 0 radical (unpaired) electrons. The van der Waals surface area contributed by atoms with E-state index in [9.17, 15) is 9.59 Å². The molecule has 0 saturated carbocycles. The lowest BCUT2D eigenvalue weighted by Gasteiger charge is -2.00. The average Bonchev–Trinajstić information content (AvgIpc) is 3.28. The molecular formula is C22H15NO3S. The van der Waals surface area contributed by atoms with Crippen molar-refractivity contribution in [3.63, 3.8) is 0 Å². The first kappa shape index (κ1) is 16.1. The van der Waals surface area contributed by atoms with E-state index >= 15 is 0 Å². The molecule has 4 aromatic rings. The van der Waals surface area contributed by atoms with Crippen LogP contribution in [0.15, 0.2) is 52.5 Å². The lowest BCUT2D eigenvalue weighted by molar-refractivity contribution is 0.0990. The van der Waals surface area contributed by atoms with Gasteiger partial charge in [-0.3, -0.25) is 9.59 Å². The van der Waals surface area contributed by atoms with E-state index in [0.717, 1.165) is 15.6 Å². The monoisotopic (exact) mass is 373 g/mol. The van der Waals surface area contributed by atoms with Crippen LogP contribution in [0.5, 0.6) is 0 Å². The quantitative estimate of drug-likeness (QED) is 0.337. The van der Waals surface area contributed by atoms with Crippen LogP contribution in [-0.2, 0) is 0 Å². The summed E-state index contributed by atoms with van der Waals surface area (Å²) in [5.74, 6) is 0.152. The number of carbonyl (C=O) groups is 2. The van der Waals surface area contributed by atoms with Crippen molar-refractivity contribution in [2.45, 2.75) is 19.8 Å². The summed E-state index contributed by atoms with van der Waals surface area (Å²) in [5.41, 5.74) is 1.69. The van der Waals surface area contributed by atoms with Crippen molar-refractivity contribution in [1.29, 1.82) is 0 Å². The van der Waals surface area contributed by atoms with Crippen molar-refractivity contribution in [3.8, 4) is 0 Å². The predicted molar refractivity (Wildman–Crippen MR) is 107 cm³/mol. The zero-order chi connectivity index (χ0) is 18.7. The molecule has 1 aliphatic carbocycles. The van der Waals surface area contributed by atoms with Gasteiger partial charge in [0.05, 0.1) is 5.57 Å². The van der Waals surface area contributed by atoms with Gasteiger partial charge >= 0.3 is 0 Å². The molecule has 2 aromatic carbocycles. The van der Waals surface area contributed by atoms with Crippen LogP contribution < -0.4 is 0 Å². The highest BCUT2D eigenvalue weighted by Gasteiger charge is 2.34. The van der Waals surface area contributed by atoms with E-state index in [1.807, 2.05) is 30.3 Å². The Hall–Kier alpha value is -3.05. The molecular weight excluding hydrogens is 358 g/mol. The molecule has 0 unspecified atom stereocenters. The number of hydrogen-bond donors (Lipinski definition) is 0. The highest BCUT2D eigenvalue weighted by molar-refractivity contribution is 7.18. The van der Waals surface area contributed by atoms with Gasteiger partial charge in [-0.2, -0.15) is 4.98 Å². The Morgan fingerprint density at radius 1 is 1.00 bits per heavy atom. The second-order valence-electron chi connectivity index (χ2n) is 6.99. The van der Waals surface area contributed by atoms with E-state index in [-0.39, 0.29) is 17.1 Å². The highest BCUT2D eigenvalue weighted by atomic mass is 32.1. The molecule has 132 valence electrons. The molecule has 27 heavy (non-hydrogen) atoms. The van der Waals surface area contributed by atoms with Crippen molar-refractivity contribution in [3.05, 3.63) is 69.9 Å². The topological polar surface area (TPSA) is 60.2 Å². The van der Waals surface area contributed by atoms with Gasteiger partial charge in [-0.1, -0.05) is 38.1 Å². The van der Waals surface area contributed by atoms with E-state index in [0.29, 0.717) is 28.5 Å². The first-order valence-corrected chi connectivity index (χ1v) is 9.57. The predicted octanol–water partition coefficient (Wildman–Crippen LogP) is 5.63. The summed E-state index contributed by atoms with van der Waals surface area (Å²) in [4.78, 5) is 32.0. The van der Waals surface area contributed by atoms with Crippen LogP contribution in [0, 0.1) is 0 Å². The first-order chi connectivity index (χ1) is 13.0.